The summed E-state index contributed by atoms with van der Waals surface area (Å²) in [5.41, 5.74) is 2.74. The molecule has 1 aromatic carbocycles. The first-order chi connectivity index (χ1) is 10.5. The highest BCUT2D eigenvalue weighted by atomic mass is 32.1. The number of amides is 2. The third-order valence-corrected chi connectivity index (χ3v) is 4.36. The Morgan fingerprint density at radius 1 is 1.32 bits per heavy atom. The van der Waals surface area contributed by atoms with Crippen LogP contribution in [0.4, 0.5) is 5.69 Å². The van der Waals surface area contributed by atoms with Gasteiger partial charge in [-0.1, -0.05) is 13.0 Å². The lowest BCUT2D eigenvalue weighted by Gasteiger charge is -2.11. The van der Waals surface area contributed by atoms with Gasteiger partial charge >= 0.3 is 0 Å². The summed E-state index contributed by atoms with van der Waals surface area (Å²) in [7, 11) is 1.58. The molecule has 5 nitrogen and oxygen atoms in total. The van der Waals surface area contributed by atoms with Crippen LogP contribution in [0, 0.1) is 6.92 Å². The number of nitrogens with one attached hydrogen (secondary N) is 2. The summed E-state index contributed by atoms with van der Waals surface area (Å²) < 4.78 is 0. The molecule has 0 spiro atoms. The molecule has 0 atom stereocenters. The molecule has 0 aliphatic heterocycles. The lowest BCUT2D eigenvalue weighted by atomic mass is 10.1. The maximum absolute atomic E-state index is 12.1. The van der Waals surface area contributed by atoms with E-state index < -0.39 is 0 Å². The van der Waals surface area contributed by atoms with Crippen LogP contribution in [0.3, 0.4) is 0 Å². The van der Waals surface area contributed by atoms with Crippen LogP contribution in [0.5, 0.6) is 0 Å². The van der Waals surface area contributed by atoms with Crippen molar-refractivity contribution in [2.45, 2.75) is 26.7 Å². The standard InChI is InChI=1S/C16H19N3O2S/c1-4-15-18-11(9-22-15)8-14(20)19-13-7-5-6-12(10(13)2)16(21)17-3/h5-7,9H,4,8H2,1-3H3,(H,17,21)(H,19,20). The normalized spacial score (nSPS) is 10.3. The quantitative estimate of drug-likeness (QED) is 0.890. The zero-order chi connectivity index (χ0) is 16.1. The number of thiazole rings is 1. The molecule has 22 heavy (non-hydrogen) atoms. The Bertz CT molecular complexity index is 694. The van der Waals surface area contributed by atoms with Gasteiger partial charge in [-0.3, -0.25) is 9.59 Å². The van der Waals surface area contributed by atoms with Gasteiger partial charge in [-0.15, -0.1) is 11.3 Å². The van der Waals surface area contributed by atoms with E-state index in [0.29, 0.717) is 11.3 Å². The van der Waals surface area contributed by atoms with Gasteiger partial charge in [0.1, 0.15) is 0 Å². The summed E-state index contributed by atoms with van der Waals surface area (Å²) in [6.45, 7) is 3.86. The van der Waals surface area contributed by atoms with Gasteiger partial charge in [-0.2, -0.15) is 0 Å². The van der Waals surface area contributed by atoms with Crippen LogP contribution < -0.4 is 10.6 Å². The van der Waals surface area contributed by atoms with E-state index in [2.05, 4.69) is 15.6 Å². The minimum absolute atomic E-state index is 0.134. The van der Waals surface area contributed by atoms with E-state index in [-0.39, 0.29) is 18.2 Å². The van der Waals surface area contributed by atoms with E-state index in [0.717, 1.165) is 22.7 Å². The van der Waals surface area contributed by atoms with E-state index in [4.69, 9.17) is 0 Å². The van der Waals surface area contributed by atoms with E-state index in [1.165, 1.54) is 0 Å². The van der Waals surface area contributed by atoms with Crippen molar-refractivity contribution in [2.24, 2.45) is 0 Å². The van der Waals surface area contributed by atoms with Crippen molar-refractivity contribution in [3.05, 3.63) is 45.4 Å². The third-order valence-electron chi connectivity index (χ3n) is 3.32. The third kappa shape index (κ3) is 3.71. The average Bonchev–Trinajstić information content (AvgIpc) is 2.96. The van der Waals surface area contributed by atoms with Crippen molar-refractivity contribution < 1.29 is 9.59 Å². The van der Waals surface area contributed by atoms with Crippen LogP contribution in [0.2, 0.25) is 0 Å². The van der Waals surface area contributed by atoms with E-state index in [9.17, 15) is 9.59 Å². The Labute approximate surface area is 133 Å². The lowest BCUT2D eigenvalue weighted by molar-refractivity contribution is -0.115. The second-order valence-electron chi connectivity index (χ2n) is 4.87. The van der Waals surface area contributed by atoms with Crippen LogP contribution >= 0.6 is 11.3 Å². The van der Waals surface area contributed by atoms with Crippen molar-refractivity contribution in [3.8, 4) is 0 Å². The summed E-state index contributed by atoms with van der Waals surface area (Å²) in [5.74, 6) is -0.300. The molecular formula is C16H19N3O2S. The number of nitrogens with zero attached hydrogens (tertiary/aromatic N) is 1. The summed E-state index contributed by atoms with van der Waals surface area (Å²) in [4.78, 5) is 28.3. The van der Waals surface area contributed by atoms with Gasteiger partial charge in [-0.25, -0.2) is 4.98 Å². The lowest BCUT2D eigenvalue weighted by Crippen LogP contribution is -2.21. The van der Waals surface area contributed by atoms with Crippen LogP contribution in [0.1, 0.15) is 33.5 Å². The van der Waals surface area contributed by atoms with E-state index in [1.807, 2.05) is 19.2 Å². The molecule has 2 rings (SSSR count). The molecule has 0 unspecified atom stereocenters. The van der Waals surface area contributed by atoms with Crippen LogP contribution in [0.15, 0.2) is 23.6 Å². The fraction of sp³-hybridized carbons (Fsp3) is 0.312. The molecule has 0 radical (unpaired) electrons. The molecule has 0 saturated heterocycles. The van der Waals surface area contributed by atoms with E-state index >= 15 is 0 Å². The minimum atomic E-state index is -0.166. The number of carbonyl (C=O) groups is 2. The largest absolute Gasteiger partial charge is 0.355 e. The molecule has 2 aromatic rings. The molecule has 0 aliphatic carbocycles. The first-order valence-corrected chi connectivity index (χ1v) is 7.98. The molecule has 2 amide bonds. The zero-order valence-electron chi connectivity index (χ0n) is 12.9. The molecule has 6 heteroatoms. The predicted molar refractivity (Wildman–Crippen MR) is 88.4 cm³/mol. The summed E-state index contributed by atoms with van der Waals surface area (Å²) in [5, 5.41) is 8.38. The minimum Gasteiger partial charge on any atom is -0.355 e. The maximum Gasteiger partial charge on any atom is 0.251 e. The number of carbonyl (C=O) groups excluding carboxylic acids is 2. The maximum atomic E-state index is 12.1. The molecule has 0 bridgehead atoms. The van der Waals surface area contributed by atoms with Gasteiger partial charge in [0.05, 0.1) is 17.1 Å². The van der Waals surface area contributed by atoms with Gasteiger partial charge in [0.15, 0.2) is 0 Å². The summed E-state index contributed by atoms with van der Waals surface area (Å²) in [6.07, 6.45) is 1.11. The Hall–Kier alpha value is -2.21. The first-order valence-electron chi connectivity index (χ1n) is 7.10. The zero-order valence-corrected chi connectivity index (χ0v) is 13.7. The monoisotopic (exact) mass is 317 g/mol. The molecule has 0 saturated carbocycles. The fourth-order valence-electron chi connectivity index (χ4n) is 2.10. The molecule has 0 aliphatic rings. The first kappa shape index (κ1) is 16.2. The topological polar surface area (TPSA) is 71.1 Å². The van der Waals surface area contributed by atoms with Crippen molar-refractivity contribution in [2.75, 3.05) is 12.4 Å². The number of rotatable bonds is 5. The highest BCUT2D eigenvalue weighted by Crippen LogP contribution is 2.19. The molecule has 1 aromatic heterocycles. The molecule has 0 fully saturated rings. The number of aromatic nitrogens is 1. The number of hydrogen-bond acceptors (Lipinski definition) is 4. The van der Waals surface area contributed by atoms with Gasteiger partial charge < -0.3 is 10.6 Å². The van der Waals surface area contributed by atoms with Crippen molar-refractivity contribution in [1.29, 1.82) is 0 Å². The van der Waals surface area contributed by atoms with Crippen molar-refractivity contribution in [3.63, 3.8) is 0 Å². The molecular weight excluding hydrogens is 298 g/mol. The predicted octanol–water partition coefficient (Wildman–Crippen LogP) is 2.55. The number of aryl methyl sites for hydroxylation is 1. The van der Waals surface area contributed by atoms with Gasteiger partial charge in [-0.05, 0) is 31.0 Å². The SMILES string of the molecule is CCc1nc(CC(=O)Nc2cccc(C(=O)NC)c2C)cs1. The number of hydrogen-bond donors (Lipinski definition) is 2. The Balaban J connectivity index is 2.10. The van der Waals surface area contributed by atoms with Crippen molar-refractivity contribution in [1.82, 2.24) is 10.3 Å². The highest BCUT2D eigenvalue weighted by molar-refractivity contribution is 7.09. The van der Waals surface area contributed by atoms with Crippen molar-refractivity contribution >= 4 is 28.8 Å². The fourth-order valence-corrected chi connectivity index (χ4v) is 2.85. The van der Waals surface area contributed by atoms with E-state index in [1.54, 1.807) is 36.6 Å². The van der Waals surface area contributed by atoms with Gasteiger partial charge in [0, 0.05) is 23.7 Å². The molecule has 1 heterocycles. The van der Waals surface area contributed by atoms with Crippen LogP contribution in [-0.4, -0.2) is 23.8 Å². The Morgan fingerprint density at radius 3 is 2.73 bits per heavy atom. The average molecular weight is 317 g/mol. The second kappa shape index (κ2) is 7.17. The number of anilines is 1. The second-order valence-corrected chi connectivity index (χ2v) is 5.81. The number of benzene rings is 1. The highest BCUT2D eigenvalue weighted by Gasteiger charge is 2.13. The summed E-state index contributed by atoms with van der Waals surface area (Å²) in [6, 6.07) is 5.28. The Kier molecular flexibility index (Phi) is 5.27. The Morgan fingerprint density at radius 2 is 2.09 bits per heavy atom. The summed E-state index contributed by atoms with van der Waals surface area (Å²) >= 11 is 1.57. The molecule has 2 N–H and O–H groups in total. The van der Waals surface area contributed by atoms with Crippen LogP contribution in [-0.2, 0) is 17.6 Å². The molecule has 116 valence electrons. The smallest absolute Gasteiger partial charge is 0.251 e. The van der Waals surface area contributed by atoms with Gasteiger partial charge in [0.25, 0.3) is 5.91 Å². The van der Waals surface area contributed by atoms with Gasteiger partial charge in [0.2, 0.25) is 5.91 Å². The van der Waals surface area contributed by atoms with Crippen LogP contribution in [0.25, 0.3) is 0 Å².